The summed E-state index contributed by atoms with van der Waals surface area (Å²) in [4.78, 5) is 18.5. The van der Waals surface area contributed by atoms with Crippen molar-refractivity contribution in [3.63, 3.8) is 0 Å². The van der Waals surface area contributed by atoms with Crippen LogP contribution in [0.5, 0.6) is 0 Å². The second kappa shape index (κ2) is 4.72. The minimum Gasteiger partial charge on any atom is -0.223 e. The number of rotatable bonds is 3. The molecule has 2 aromatic rings. The lowest BCUT2D eigenvalue weighted by Gasteiger charge is -2.37. The zero-order valence-electron chi connectivity index (χ0n) is 10.1. The Kier molecular flexibility index (Phi) is 3.05. The van der Waals surface area contributed by atoms with Crippen LogP contribution in [0.25, 0.3) is 5.69 Å². The van der Waals surface area contributed by atoms with E-state index in [1.54, 1.807) is 17.1 Å². The van der Waals surface area contributed by atoms with E-state index in [4.69, 9.17) is 0 Å². The molecular formula is C13H11BrN4O. The Morgan fingerprint density at radius 2 is 2.26 bits per heavy atom. The highest BCUT2D eigenvalue weighted by Crippen LogP contribution is 2.45. The van der Waals surface area contributed by atoms with E-state index >= 15 is 0 Å². The average molecular weight is 319 g/mol. The third kappa shape index (κ3) is 2.03. The van der Waals surface area contributed by atoms with Crippen LogP contribution in [0.4, 0.5) is 0 Å². The quantitative estimate of drug-likeness (QED) is 0.645. The van der Waals surface area contributed by atoms with Crippen molar-refractivity contribution in [2.75, 3.05) is 0 Å². The molecule has 3 rings (SSSR count). The lowest BCUT2D eigenvalue weighted by Crippen LogP contribution is -2.31. The first-order valence-electron chi connectivity index (χ1n) is 5.99. The number of halogens is 1. The maximum Gasteiger partial charge on any atom is 0.235 e. The number of hydrogen-bond acceptors (Lipinski definition) is 4. The van der Waals surface area contributed by atoms with Crippen molar-refractivity contribution in [2.45, 2.75) is 24.8 Å². The third-order valence-corrected chi connectivity index (χ3v) is 4.23. The molecule has 0 aliphatic heterocycles. The minimum atomic E-state index is -0.370. The van der Waals surface area contributed by atoms with Crippen molar-refractivity contribution >= 4 is 22.0 Å². The molecule has 1 saturated carbocycles. The molecule has 1 aliphatic carbocycles. The van der Waals surface area contributed by atoms with Crippen LogP contribution in [-0.4, -0.2) is 20.8 Å². The second-order valence-electron chi connectivity index (χ2n) is 4.59. The van der Waals surface area contributed by atoms with Crippen molar-refractivity contribution < 1.29 is 4.79 Å². The first kappa shape index (κ1) is 12.3. The van der Waals surface area contributed by atoms with Crippen LogP contribution in [0, 0.1) is 0 Å². The maximum absolute atomic E-state index is 10.6. The monoisotopic (exact) mass is 318 g/mol. The second-order valence-corrected chi connectivity index (χ2v) is 5.45. The normalized spacial score (nSPS) is 16.5. The SMILES string of the molecule is O=C=NC1(c2ccc(-n3cncn3)c(Br)c2)CCC1. The van der Waals surface area contributed by atoms with Gasteiger partial charge in [-0.05, 0) is 52.9 Å². The molecule has 1 aromatic carbocycles. The standard InChI is InChI=1S/C13H11BrN4O/c14-11-6-10(13(16-9-19)4-1-5-13)2-3-12(11)18-8-15-7-17-18/h2-3,6-8H,1,4-5H2. The Hall–Kier alpha value is -1.78. The number of isocyanates is 1. The van der Waals surface area contributed by atoms with Gasteiger partial charge < -0.3 is 0 Å². The van der Waals surface area contributed by atoms with Gasteiger partial charge in [-0.1, -0.05) is 6.07 Å². The highest BCUT2D eigenvalue weighted by Gasteiger charge is 2.39. The molecule has 19 heavy (non-hydrogen) atoms. The smallest absolute Gasteiger partial charge is 0.223 e. The van der Waals surface area contributed by atoms with Crippen molar-refractivity contribution in [3.05, 3.63) is 40.9 Å². The molecule has 0 amide bonds. The first-order valence-corrected chi connectivity index (χ1v) is 6.78. The van der Waals surface area contributed by atoms with Gasteiger partial charge in [-0.2, -0.15) is 10.1 Å². The van der Waals surface area contributed by atoms with E-state index in [1.165, 1.54) is 6.33 Å². The molecular weight excluding hydrogens is 308 g/mol. The van der Waals surface area contributed by atoms with Crippen LogP contribution in [0.2, 0.25) is 0 Å². The average Bonchev–Trinajstić information content (AvgIpc) is 2.87. The predicted octanol–water partition coefficient (Wildman–Crippen LogP) is 2.74. The van der Waals surface area contributed by atoms with Crippen LogP contribution in [0.15, 0.2) is 40.3 Å². The van der Waals surface area contributed by atoms with Gasteiger partial charge in [0.05, 0.1) is 11.2 Å². The molecule has 0 N–H and O–H groups in total. The number of aliphatic imine (C=N–C) groups is 1. The summed E-state index contributed by atoms with van der Waals surface area (Å²) in [6.07, 6.45) is 7.73. The summed E-state index contributed by atoms with van der Waals surface area (Å²) in [5.74, 6) is 0. The first-order chi connectivity index (χ1) is 9.25. The largest absolute Gasteiger partial charge is 0.235 e. The van der Waals surface area contributed by atoms with E-state index in [-0.39, 0.29) is 5.54 Å². The third-order valence-electron chi connectivity index (χ3n) is 3.59. The molecule has 1 aliphatic rings. The van der Waals surface area contributed by atoms with E-state index in [2.05, 4.69) is 31.0 Å². The lowest BCUT2D eigenvalue weighted by atomic mass is 9.72. The highest BCUT2D eigenvalue weighted by atomic mass is 79.9. The van der Waals surface area contributed by atoms with Gasteiger partial charge in [0, 0.05) is 4.47 Å². The van der Waals surface area contributed by atoms with Gasteiger partial charge in [-0.25, -0.2) is 14.5 Å². The molecule has 0 unspecified atom stereocenters. The Balaban J connectivity index is 2.02. The molecule has 1 fully saturated rings. The van der Waals surface area contributed by atoms with Gasteiger partial charge in [0.2, 0.25) is 6.08 Å². The summed E-state index contributed by atoms with van der Waals surface area (Å²) in [5.41, 5.74) is 1.58. The van der Waals surface area contributed by atoms with E-state index < -0.39 is 0 Å². The Bertz CT molecular complexity index is 643. The van der Waals surface area contributed by atoms with Crippen LogP contribution in [0.1, 0.15) is 24.8 Å². The fourth-order valence-electron chi connectivity index (χ4n) is 2.38. The lowest BCUT2D eigenvalue weighted by molar-refractivity contribution is 0.256. The van der Waals surface area contributed by atoms with Crippen molar-refractivity contribution in [2.24, 2.45) is 4.99 Å². The fraction of sp³-hybridized carbons (Fsp3) is 0.308. The molecule has 0 radical (unpaired) electrons. The van der Waals surface area contributed by atoms with Crippen LogP contribution >= 0.6 is 15.9 Å². The van der Waals surface area contributed by atoms with Crippen LogP contribution < -0.4 is 0 Å². The van der Waals surface area contributed by atoms with Gasteiger partial charge in [0.15, 0.2) is 0 Å². The zero-order chi connectivity index (χ0) is 13.3. The van der Waals surface area contributed by atoms with Crippen molar-refractivity contribution in [1.82, 2.24) is 14.8 Å². The van der Waals surface area contributed by atoms with Gasteiger partial charge in [0.25, 0.3) is 0 Å². The van der Waals surface area contributed by atoms with E-state index in [0.717, 1.165) is 35.0 Å². The summed E-state index contributed by atoms with van der Waals surface area (Å²) >= 11 is 3.54. The summed E-state index contributed by atoms with van der Waals surface area (Å²) in [6.45, 7) is 0. The Morgan fingerprint density at radius 1 is 1.42 bits per heavy atom. The van der Waals surface area contributed by atoms with Gasteiger partial charge in [-0.15, -0.1) is 0 Å². The molecule has 5 nitrogen and oxygen atoms in total. The van der Waals surface area contributed by atoms with E-state index in [0.29, 0.717) is 0 Å². The summed E-state index contributed by atoms with van der Waals surface area (Å²) in [6, 6.07) is 5.94. The predicted molar refractivity (Wildman–Crippen MR) is 72.7 cm³/mol. The van der Waals surface area contributed by atoms with E-state index in [1.807, 2.05) is 18.2 Å². The van der Waals surface area contributed by atoms with Gasteiger partial charge in [-0.3, -0.25) is 0 Å². The molecule has 0 bridgehead atoms. The highest BCUT2D eigenvalue weighted by molar-refractivity contribution is 9.10. The van der Waals surface area contributed by atoms with Crippen LogP contribution in [0.3, 0.4) is 0 Å². The molecule has 6 heteroatoms. The van der Waals surface area contributed by atoms with Crippen molar-refractivity contribution in [3.8, 4) is 5.69 Å². The number of benzene rings is 1. The minimum absolute atomic E-state index is 0.370. The molecule has 0 saturated heterocycles. The number of hydrogen-bond donors (Lipinski definition) is 0. The topological polar surface area (TPSA) is 60.1 Å². The Morgan fingerprint density at radius 3 is 2.79 bits per heavy atom. The van der Waals surface area contributed by atoms with Crippen molar-refractivity contribution in [1.29, 1.82) is 0 Å². The molecule has 0 atom stereocenters. The Labute approximate surface area is 118 Å². The molecule has 1 aromatic heterocycles. The summed E-state index contributed by atoms with van der Waals surface area (Å²) < 4.78 is 2.59. The molecule has 1 heterocycles. The maximum atomic E-state index is 10.6. The zero-order valence-corrected chi connectivity index (χ0v) is 11.7. The fourth-order valence-corrected chi connectivity index (χ4v) is 2.94. The molecule has 96 valence electrons. The molecule has 0 spiro atoms. The summed E-state index contributed by atoms with van der Waals surface area (Å²) in [5, 5.41) is 4.10. The van der Waals surface area contributed by atoms with E-state index in [9.17, 15) is 4.79 Å². The number of carbonyl (C=O) groups excluding carboxylic acids is 1. The van der Waals surface area contributed by atoms with Crippen LogP contribution in [-0.2, 0) is 10.3 Å². The van der Waals surface area contributed by atoms with Gasteiger partial charge in [0.1, 0.15) is 12.7 Å². The number of nitrogens with zero attached hydrogens (tertiary/aromatic N) is 4. The van der Waals surface area contributed by atoms with Gasteiger partial charge >= 0.3 is 0 Å². The summed E-state index contributed by atoms with van der Waals surface area (Å²) in [7, 11) is 0. The number of aromatic nitrogens is 3.